The minimum Gasteiger partial charge on any atom is -0.478 e. The Labute approximate surface area is 107 Å². The van der Waals surface area contributed by atoms with E-state index in [-0.39, 0.29) is 21.9 Å². The van der Waals surface area contributed by atoms with Crippen molar-refractivity contribution in [3.8, 4) is 0 Å². The van der Waals surface area contributed by atoms with Gasteiger partial charge in [0, 0.05) is 22.6 Å². The lowest BCUT2D eigenvalue weighted by molar-refractivity contribution is 0.0699. The van der Waals surface area contributed by atoms with Gasteiger partial charge in [0.1, 0.15) is 0 Å². The summed E-state index contributed by atoms with van der Waals surface area (Å²) in [6.07, 6.45) is 1.85. The molecule has 1 fully saturated rings. The number of halogens is 2. The van der Waals surface area contributed by atoms with Crippen molar-refractivity contribution >= 4 is 16.9 Å². The smallest absolute Gasteiger partial charge is 0.336 e. The fraction of sp³-hybridized carbons (Fsp3) is 0.286. The van der Waals surface area contributed by atoms with Gasteiger partial charge in [-0.15, -0.1) is 0 Å². The Bertz CT molecular complexity index is 708. The molecular formula is C14H11F2NO2. The number of fused-ring (bicyclic) bond motifs is 1. The van der Waals surface area contributed by atoms with Gasteiger partial charge in [0.2, 0.25) is 0 Å². The van der Waals surface area contributed by atoms with Gasteiger partial charge in [-0.3, -0.25) is 4.98 Å². The SMILES string of the molecule is CC1(c2cc(C(=O)O)c3cc(F)c(F)cc3n2)CC1. The van der Waals surface area contributed by atoms with Gasteiger partial charge < -0.3 is 5.11 Å². The Kier molecular flexibility index (Phi) is 2.36. The van der Waals surface area contributed by atoms with Gasteiger partial charge >= 0.3 is 5.97 Å². The first-order valence-corrected chi connectivity index (χ1v) is 5.94. The van der Waals surface area contributed by atoms with E-state index < -0.39 is 17.6 Å². The number of benzene rings is 1. The molecule has 3 rings (SSSR count). The quantitative estimate of drug-likeness (QED) is 0.904. The van der Waals surface area contributed by atoms with Crippen LogP contribution in [0.1, 0.15) is 35.8 Å². The van der Waals surface area contributed by atoms with Crippen molar-refractivity contribution in [2.75, 3.05) is 0 Å². The molecule has 1 N–H and O–H groups in total. The van der Waals surface area contributed by atoms with Gasteiger partial charge in [0.05, 0.1) is 11.1 Å². The van der Waals surface area contributed by atoms with Gasteiger partial charge in [-0.25, -0.2) is 13.6 Å². The lowest BCUT2D eigenvalue weighted by Crippen LogP contribution is -2.08. The van der Waals surface area contributed by atoms with E-state index in [1.165, 1.54) is 6.07 Å². The van der Waals surface area contributed by atoms with Gasteiger partial charge in [0.25, 0.3) is 0 Å². The number of carbonyl (C=O) groups is 1. The second kappa shape index (κ2) is 3.73. The Hall–Kier alpha value is -2.04. The van der Waals surface area contributed by atoms with E-state index in [0.29, 0.717) is 5.69 Å². The highest BCUT2D eigenvalue weighted by Crippen LogP contribution is 2.47. The zero-order chi connectivity index (χ0) is 13.8. The Morgan fingerprint density at radius 3 is 2.47 bits per heavy atom. The van der Waals surface area contributed by atoms with Crippen molar-refractivity contribution in [3.63, 3.8) is 0 Å². The van der Waals surface area contributed by atoms with Crippen LogP contribution in [-0.2, 0) is 5.41 Å². The van der Waals surface area contributed by atoms with Gasteiger partial charge in [-0.2, -0.15) is 0 Å². The topological polar surface area (TPSA) is 50.2 Å². The van der Waals surface area contributed by atoms with Crippen molar-refractivity contribution in [1.29, 1.82) is 0 Å². The molecule has 3 nitrogen and oxygen atoms in total. The number of aromatic carboxylic acids is 1. The lowest BCUT2D eigenvalue weighted by Gasteiger charge is -2.11. The van der Waals surface area contributed by atoms with Crippen molar-refractivity contribution in [3.05, 3.63) is 41.1 Å². The maximum Gasteiger partial charge on any atom is 0.336 e. The molecule has 0 unspecified atom stereocenters. The predicted molar refractivity (Wildman–Crippen MR) is 65.2 cm³/mol. The maximum atomic E-state index is 13.3. The van der Waals surface area contributed by atoms with Crippen molar-refractivity contribution in [2.24, 2.45) is 0 Å². The summed E-state index contributed by atoms with van der Waals surface area (Å²) in [5.74, 6) is -3.25. The molecule has 0 amide bonds. The molecule has 19 heavy (non-hydrogen) atoms. The van der Waals surface area contributed by atoms with Gasteiger partial charge in [-0.1, -0.05) is 6.92 Å². The normalized spacial score (nSPS) is 16.6. The van der Waals surface area contributed by atoms with Gasteiger partial charge in [0.15, 0.2) is 11.6 Å². The lowest BCUT2D eigenvalue weighted by atomic mass is 9.99. The summed E-state index contributed by atoms with van der Waals surface area (Å²) in [5.41, 5.74) is 0.640. The average molecular weight is 263 g/mol. The number of carboxylic acids is 1. The minimum atomic E-state index is -1.16. The van der Waals surface area contributed by atoms with Crippen LogP contribution in [0.15, 0.2) is 18.2 Å². The van der Waals surface area contributed by atoms with E-state index >= 15 is 0 Å². The molecular weight excluding hydrogens is 252 g/mol. The fourth-order valence-corrected chi connectivity index (χ4v) is 2.15. The summed E-state index contributed by atoms with van der Waals surface area (Å²) in [6.45, 7) is 1.98. The molecule has 0 saturated heterocycles. The fourth-order valence-electron chi connectivity index (χ4n) is 2.15. The summed E-state index contributed by atoms with van der Waals surface area (Å²) in [5, 5.41) is 9.33. The molecule has 1 aromatic heterocycles. The number of nitrogens with zero attached hydrogens (tertiary/aromatic N) is 1. The number of hydrogen-bond donors (Lipinski definition) is 1. The summed E-state index contributed by atoms with van der Waals surface area (Å²) >= 11 is 0. The average Bonchev–Trinajstić information content (AvgIpc) is 3.08. The molecule has 0 atom stereocenters. The number of pyridine rings is 1. The van der Waals surface area contributed by atoms with Crippen LogP contribution >= 0.6 is 0 Å². The van der Waals surface area contributed by atoms with Crippen molar-refractivity contribution < 1.29 is 18.7 Å². The van der Waals surface area contributed by atoms with Crippen molar-refractivity contribution in [2.45, 2.75) is 25.2 Å². The van der Waals surface area contributed by atoms with Crippen LogP contribution in [0.4, 0.5) is 8.78 Å². The Morgan fingerprint density at radius 2 is 1.89 bits per heavy atom. The Morgan fingerprint density at radius 1 is 1.26 bits per heavy atom. The monoisotopic (exact) mass is 263 g/mol. The number of carboxylic acid groups (broad SMARTS) is 1. The maximum absolute atomic E-state index is 13.3. The standard InChI is InChI=1S/C14H11F2NO2/c1-14(2-3-14)12-5-8(13(18)19)7-4-9(15)10(16)6-11(7)17-12/h4-6H,2-3H2,1H3,(H,18,19). The summed E-state index contributed by atoms with van der Waals surface area (Å²) < 4.78 is 26.5. The molecule has 1 aromatic carbocycles. The summed E-state index contributed by atoms with van der Waals surface area (Å²) in [7, 11) is 0. The first-order chi connectivity index (χ1) is 8.90. The third-order valence-corrected chi connectivity index (χ3v) is 3.70. The molecule has 2 aromatic rings. The molecule has 98 valence electrons. The summed E-state index contributed by atoms with van der Waals surface area (Å²) in [4.78, 5) is 15.6. The predicted octanol–water partition coefficient (Wildman–Crippen LogP) is 3.26. The second-order valence-corrected chi connectivity index (χ2v) is 5.20. The highest BCUT2D eigenvalue weighted by Gasteiger charge is 2.41. The number of aromatic nitrogens is 1. The van der Waals surface area contributed by atoms with Crippen LogP contribution in [0.3, 0.4) is 0 Å². The van der Waals surface area contributed by atoms with Gasteiger partial charge in [-0.05, 0) is 25.0 Å². The molecule has 1 saturated carbocycles. The molecule has 0 radical (unpaired) electrons. The molecule has 1 aliphatic carbocycles. The molecule has 1 aliphatic rings. The van der Waals surface area contributed by atoms with Crippen LogP contribution in [-0.4, -0.2) is 16.1 Å². The molecule has 5 heteroatoms. The second-order valence-electron chi connectivity index (χ2n) is 5.20. The first-order valence-electron chi connectivity index (χ1n) is 5.94. The summed E-state index contributed by atoms with van der Waals surface area (Å²) in [6, 6.07) is 3.31. The minimum absolute atomic E-state index is 0.0352. The zero-order valence-corrected chi connectivity index (χ0v) is 10.2. The third kappa shape index (κ3) is 1.85. The van der Waals surface area contributed by atoms with E-state index in [9.17, 15) is 18.7 Å². The highest BCUT2D eigenvalue weighted by molar-refractivity contribution is 6.02. The number of hydrogen-bond acceptors (Lipinski definition) is 2. The van der Waals surface area contributed by atoms with Crippen molar-refractivity contribution in [1.82, 2.24) is 4.98 Å². The molecule has 0 spiro atoms. The van der Waals surface area contributed by atoms with E-state index in [1.54, 1.807) is 0 Å². The first kappa shape index (κ1) is 12.0. The van der Waals surface area contributed by atoms with Crippen LogP contribution in [0.2, 0.25) is 0 Å². The largest absolute Gasteiger partial charge is 0.478 e. The van der Waals surface area contributed by atoms with Crippen LogP contribution < -0.4 is 0 Å². The van der Waals surface area contributed by atoms with E-state index in [2.05, 4.69) is 4.98 Å². The van der Waals surface area contributed by atoms with E-state index in [0.717, 1.165) is 25.0 Å². The van der Waals surface area contributed by atoms with E-state index in [1.807, 2.05) is 6.92 Å². The molecule has 1 heterocycles. The van der Waals surface area contributed by atoms with Crippen LogP contribution in [0.25, 0.3) is 10.9 Å². The molecule has 0 bridgehead atoms. The highest BCUT2D eigenvalue weighted by atomic mass is 19.2. The Balaban J connectivity index is 2.34. The van der Waals surface area contributed by atoms with E-state index in [4.69, 9.17) is 0 Å². The van der Waals surface area contributed by atoms with Crippen LogP contribution in [0.5, 0.6) is 0 Å². The zero-order valence-electron chi connectivity index (χ0n) is 10.2. The molecule has 0 aliphatic heterocycles. The van der Waals surface area contributed by atoms with Crippen LogP contribution in [0, 0.1) is 11.6 Å². The number of rotatable bonds is 2. The third-order valence-electron chi connectivity index (χ3n) is 3.70.